The molecule has 0 unspecified atom stereocenters. The summed E-state index contributed by atoms with van der Waals surface area (Å²) in [6, 6.07) is 18.4. The van der Waals surface area contributed by atoms with Crippen molar-refractivity contribution in [2.45, 2.75) is 20.1 Å². The molecule has 0 spiro atoms. The molecule has 8 heteroatoms. The number of hydrogen-bond acceptors (Lipinski definition) is 5. The van der Waals surface area contributed by atoms with E-state index in [9.17, 15) is 9.59 Å². The average Bonchev–Trinajstić information content (AvgIpc) is 3.06. The highest BCUT2D eigenvalue weighted by molar-refractivity contribution is 8.18. The van der Waals surface area contributed by atoms with E-state index in [1.54, 1.807) is 42.5 Å². The number of rotatable bonds is 7. The molecule has 0 radical (unpaired) electrons. The zero-order chi connectivity index (χ0) is 24.2. The number of benzene rings is 3. The van der Waals surface area contributed by atoms with Crippen LogP contribution in [-0.4, -0.2) is 23.2 Å². The summed E-state index contributed by atoms with van der Waals surface area (Å²) in [5.74, 6) is 0.491. The van der Waals surface area contributed by atoms with Gasteiger partial charge in [-0.15, -0.1) is 0 Å². The van der Waals surface area contributed by atoms with Gasteiger partial charge >= 0.3 is 0 Å². The molecule has 1 heterocycles. The van der Waals surface area contributed by atoms with Gasteiger partial charge in [0.05, 0.1) is 23.6 Å². The van der Waals surface area contributed by atoms with Gasteiger partial charge in [-0.2, -0.15) is 0 Å². The Labute approximate surface area is 212 Å². The van der Waals surface area contributed by atoms with E-state index in [1.165, 1.54) is 12.0 Å². The summed E-state index contributed by atoms with van der Waals surface area (Å²) in [6.07, 6.45) is 1.63. The first-order valence-corrected chi connectivity index (χ1v) is 12.0. The van der Waals surface area contributed by atoms with Gasteiger partial charge in [0.2, 0.25) is 0 Å². The lowest BCUT2D eigenvalue weighted by molar-refractivity contribution is -0.123. The van der Waals surface area contributed by atoms with E-state index in [2.05, 4.69) is 0 Å². The third kappa shape index (κ3) is 5.58. The molecule has 1 aliphatic rings. The minimum absolute atomic E-state index is 0.176. The zero-order valence-corrected chi connectivity index (χ0v) is 20.8. The number of imide groups is 1. The maximum Gasteiger partial charge on any atom is 0.293 e. The van der Waals surface area contributed by atoms with Crippen molar-refractivity contribution in [3.8, 4) is 11.5 Å². The summed E-state index contributed by atoms with van der Waals surface area (Å²) >= 11 is 13.3. The lowest BCUT2D eigenvalue weighted by atomic mass is 10.1. The second-order valence-corrected chi connectivity index (χ2v) is 9.54. The fourth-order valence-corrected chi connectivity index (χ4v) is 4.72. The summed E-state index contributed by atoms with van der Waals surface area (Å²) in [7, 11) is 1.52. The van der Waals surface area contributed by atoms with Crippen LogP contribution in [0, 0.1) is 6.92 Å². The van der Waals surface area contributed by atoms with Crippen LogP contribution in [0.15, 0.2) is 65.6 Å². The lowest BCUT2D eigenvalue weighted by Gasteiger charge is -2.14. The maximum absolute atomic E-state index is 12.9. The van der Waals surface area contributed by atoms with E-state index in [0.29, 0.717) is 38.6 Å². The summed E-state index contributed by atoms with van der Waals surface area (Å²) in [4.78, 5) is 26.9. The smallest absolute Gasteiger partial charge is 0.293 e. The molecule has 0 saturated carbocycles. The van der Waals surface area contributed by atoms with Gasteiger partial charge in [0.25, 0.3) is 11.1 Å². The SMILES string of the molecule is COc1cc(/C=C2\SC(=O)N(Cc3ccc(Cl)cc3)C2=O)cc(Cl)c1OCc1cccc(C)c1. The molecule has 0 aromatic heterocycles. The molecular formula is C26H21Cl2NO4S. The Balaban J connectivity index is 1.53. The Kier molecular flexibility index (Phi) is 7.51. The molecule has 0 aliphatic carbocycles. The van der Waals surface area contributed by atoms with Crippen LogP contribution < -0.4 is 9.47 Å². The number of hydrogen-bond donors (Lipinski definition) is 0. The van der Waals surface area contributed by atoms with Crippen molar-refractivity contribution in [2.24, 2.45) is 0 Å². The zero-order valence-electron chi connectivity index (χ0n) is 18.5. The molecule has 0 N–H and O–H groups in total. The Hall–Kier alpha value is -2.93. The summed E-state index contributed by atoms with van der Waals surface area (Å²) in [5, 5.41) is 0.607. The van der Waals surface area contributed by atoms with Crippen LogP contribution in [0.2, 0.25) is 10.0 Å². The molecule has 5 nitrogen and oxygen atoms in total. The van der Waals surface area contributed by atoms with Crippen LogP contribution in [0.1, 0.15) is 22.3 Å². The van der Waals surface area contributed by atoms with Crippen LogP contribution in [0.4, 0.5) is 4.79 Å². The normalized spacial score (nSPS) is 14.7. The number of ether oxygens (including phenoxy) is 2. The molecule has 0 bridgehead atoms. The minimum Gasteiger partial charge on any atom is -0.493 e. The molecule has 3 aromatic rings. The maximum atomic E-state index is 12.9. The van der Waals surface area contributed by atoms with Crippen molar-refractivity contribution >= 4 is 52.2 Å². The van der Waals surface area contributed by atoms with Gasteiger partial charge < -0.3 is 9.47 Å². The number of carbonyl (C=O) groups excluding carboxylic acids is 2. The Morgan fingerprint density at radius 2 is 1.76 bits per heavy atom. The molecule has 0 atom stereocenters. The van der Waals surface area contributed by atoms with Crippen LogP contribution in [-0.2, 0) is 17.9 Å². The number of carbonyl (C=O) groups is 2. The predicted octanol–water partition coefficient (Wildman–Crippen LogP) is 7.13. The molecule has 3 aromatic carbocycles. The largest absolute Gasteiger partial charge is 0.493 e. The van der Waals surface area contributed by atoms with Gasteiger partial charge in [-0.25, -0.2) is 0 Å². The minimum atomic E-state index is -0.361. The number of thioether (sulfide) groups is 1. The molecule has 2 amide bonds. The van der Waals surface area contributed by atoms with E-state index in [4.69, 9.17) is 32.7 Å². The van der Waals surface area contributed by atoms with E-state index < -0.39 is 0 Å². The number of amides is 2. The summed E-state index contributed by atoms with van der Waals surface area (Å²) in [5.41, 5.74) is 3.59. The van der Waals surface area contributed by atoms with Crippen molar-refractivity contribution in [1.29, 1.82) is 0 Å². The van der Waals surface area contributed by atoms with Crippen LogP contribution >= 0.6 is 35.0 Å². The number of methoxy groups -OCH3 is 1. The van der Waals surface area contributed by atoms with Crippen molar-refractivity contribution in [3.63, 3.8) is 0 Å². The molecule has 174 valence electrons. The van der Waals surface area contributed by atoms with Gasteiger partial charge in [-0.05, 0) is 65.7 Å². The molecular weight excluding hydrogens is 493 g/mol. The predicted molar refractivity (Wildman–Crippen MR) is 136 cm³/mol. The van der Waals surface area contributed by atoms with Crippen molar-refractivity contribution in [3.05, 3.63) is 97.9 Å². The van der Waals surface area contributed by atoms with Crippen molar-refractivity contribution in [1.82, 2.24) is 4.90 Å². The highest BCUT2D eigenvalue weighted by atomic mass is 35.5. The van der Waals surface area contributed by atoms with Gasteiger partial charge in [0.1, 0.15) is 6.61 Å². The van der Waals surface area contributed by atoms with Crippen molar-refractivity contribution < 1.29 is 19.1 Å². The highest BCUT2D eigenvalue weighted by Crippen LogP contribution is 2.39. The molecule has 1 fully saturated rings. The van der Waals surface area contributed by atoms with E-state index in [0.717, 1.165) is 28.5 Å². The van der Waals surface area contributed by atoms with Crippen LogP contribution in [0.25, 0.3) is 6.08 Å². The fourth-order valence-electron chi connectivity index (χ4n) is 3.48. The van der Waals surface area contributed by atoms with E-state index >= 15 is 0 Å². The molecule has 4 rings (SSSR count). The van der Waals surface area contributed by atoms with Crippen LogP contribution in [0.5, 0.6) is 11.5 Å². The number of aryl methyl sites for hydroxylation is 1. The van der Waals surface area contributed by atoms with Gasteiger partial charge in [-0.3, -0.25) is 14.5 Å². The monoisotopic (exact) mass is 513 g/mol. The summed E-state index contributed by atoms with van der Waals surface area (Å²) in [6.45, 7) is 2.53. The first-order valence-electron chi connectivity index (χ1n) is 10.4. The Bertz CT molecular complexity index is 1270. The van der Waals surface area contributed by atoms with E-state index in [-0.39, 0.29) is 17.7 Å². The average molecular weight is 514 g/mol. The summed E-state index contributed by atoms with van der Waals surface area (Å²) < 4.78 is 11.4. The Morgan fingerprint density at radius 1 is 1.00 bits per heavy atom. The number of halogens is 2. The third-order valence-corrected chi connectivity index (χ3v) is 6.58. The highest BCUT2D eigenvalue weighted by Gasteiger charge is 2.35. The van der Waals surface area contributed by atoms with E-state index in [1.807, 2.05) is 31.2 Å². The van der Waals surface area contributed by atoms with Crippen molar-refractivity contribution in [2.75, 3.05) is 7.11 Å². The lowest BCUT2D eigenvalue weighted by Crippen LogP contribution is -2.27. The quantitative estimate of drug-likeness (QED) is 0.314. The van der Waals surface area contributed by atoms with Gasteiger partial charge in [0, 0.05) is 5.02 Å². The fraction of sp³-hybridized carbons (Fsp3) is 0.154. The van der Waals surface area contributed by atoms with Gasteiger partial charge in [-0.1, -0.05) is 65.2 Å². The second kappa shape index (κ2) is 10.6. The number of nitrogens with zero attached hydrogens (tertiary/aromatic N) is 1. The van der Waals surface area contributed by atoms with Gasteiger partial charge in [0.15, 0.2) is 11.5 Å². The second-order valence-electron chi connectivity index (χ2n) is 7.71. The topological polar surface area (TPSA) is 55.8 Å². The molecule has 1 aliphatic heterocycles. The Morgan fingerprint density at radius 3 is 2.47 bits per heavy atom. The first-order chi connectivity index (χ1) is 16.3. The standard InChI is InChI=1S/C26H21Cl2NO4S/c1-16-4-3-5-18(10-16)15-33-24-21(28)11-19(12-22(24)32-2)13-23-25(30)29(26(31)34-23)14-17-6-8-20(27)9-7-17/h3-13H,14-15H2,1-2H3/b23-13-. The third-order valence-electron chi connectivity index (χ3n) is 5.14. The van der Waals surface area contributed by atoms with Crippen LogP contribution in [0.3, 0.4) is 0 Å². The molecule has 1 saturated heterocycles. The first kappa shape index (κ1) is 24.2. The molecule has 34 heavy (non-hydrogen) atoms.